The summed E-state index contributed by atoms with van der Waals surface area (Å²) in [6.07, 6.45) is 1.30. The lowest BCUT2D eigenvalue weighted by Crippen LogP contribution is -2.21. The third kappa shape index (κ3) is 3.23. The number of aromatic nitrogens is 2. The van der Waals surface area contributed by atoms with Crippen LogP contribution in [-0.4, -0.2) is 16.8 Å². The molecule has 6 heteroatoms. The van der Waals surface area contributed by atoms with Crippen molar-refractivity contribution in [1.29, 1.82) is 0 Å². The monoisotopic (exact) mass is 329 g/mol. The standard InChI is InChI=1S/C15H18Cl2FN3/c1-4-11-14(17)13(21(3)20-11)8-12(19-2)9-6-5-7-10(16)15(9)18/h5-7,12,19H,4,8H2,1-3H3. The van der Waals surface area contributed by atoms with Crippen molar-refractivity contribution in [3.8, 4) is 0 Å². The summed E-state index contributed by atoms with van der Waals surface area (Å²) in [7, 11) is 3.64. The normalized spacial score (nSPS) is 12.7. The maximum Gasteiger partial charge on any atom is 0.146 e. The van der Waals surface area contributed by atoms with E-state index in [2.05, 4.69) is 10.4 Å². The number of hydrogen-bond donors (Lipinski definition) is 1. The quantitative estimate of drug-likeness (QED) is 0.900. The first kappa shape index (κ1) is 16.3. The number of hydrogen-bond acceptors (Lipinski definition) is 2. The van der Waals surface area contributed by atoms with E-state index in [0.717, 1.165) is 17.8 Å². The summed E-state index contributed by atoms with van der Waals surface area (Å²) in [6.45, 7) is 2.00. The van der Waals surface area contributed by atoms with Gasteiger partial charge in [0.15, 0.2) is 0 Å². The minimum Gasteiger partial charge on any atom is -0.313 e. The van der Waals surface area contributed by atoms with Crippen LogP contribution in [0.2, 0.25) is 10.0 Å². The highest BCUT2D eigenvalue weighted by Crippen LogP contribution is 2.29. The summed E-state index contributed by atoms with van der Waals surface area (Å²) >= 11 is 12.2. The first-order chi connectivity index (χ1) is 9.99. The SMILES string of the molecule is CCc1nn(C)c(CC(NC)c2cccc(Cl)c2F)c1Cl. The second-order valence-corrected chi connectivity index (χ2v) is 5.66. The molecule has 2 rings (SSSR count). The van der Waals surface area contributed by atoms with Crippen molar-refractivity contribution in [3.05, 3.63) is 51.0 Å². The smallest absolute Gasteiger partial charge is 0.146 e. The van der Waals surface area contributed by atoms with Gasteiger partial charge in [0.05, 0.1) is 21.4 Å². The molecular weight excluding hydrogens is 312 g/mol. The van der Waals surface area contributed by atoms with Crippen molar-refractivity contribution in [2.24, 2.45) is 7.05 Å². The van der Waals surface area contributed by atoms with Gasteiger partial charge in [0.2, 0.25) is 0 Å². The zero-order valence-corrected chi connectivity index (χ0v) is 13.8. The second-order valence-electron chi connectivity index (χ2n) is 4.87. The van der Waals surface area contributed by atoms with Gasteiger partial charge in [-0.1, -0.05) is 42.3 Å². The molecule has 0 radical (unpaired) electrons. The van der Waals surface area contributed by atoms with Gasteiger partial charge in [-0.2, -0.15) is 5.10 Å². The third-order valence-corrected chi connectivity index (χ3v) is 4.33. The minimum atomic E-state index is -0.396. The molecule has 3 nitrogen and oxygen atoms in total. The summed E-state index contributed by atoms with van der Waals surface area (Å²) in [6, 6.07) is 4.79. The predicted octanol–water partition coefficient (Wildman–Crippen LogP) is 3.93. The predicted molar refractivity (Wildman–Crippen MR) is 84.5 cm³/mol. The largest absolute Gasteiger partial charge is 0.313 e. The molecule has 2 aromatic rings. The van der Waals surface area contributed by atoms with Crippen molar-refractivity contribution in [3.63, 3.8) is 0 Å². The summed E-state index contributed by atoms with van der Waals surface area (Å²) in [5, 5.41) is 8.28. The number of rotatable bonds is 5. The Bertz CT molecular complexity index is 640. The molecule has 1 N–H and O–H groups in total. The molecule has 0 aliphatic rings. The molecular formula is C15H18Cl2FN3. The van der Waals surface area contributed by atoms with E-state index in [1.165, 1.54) is 0 Å². The van der Waals surface area contributed by atoms with E-state index in [4.69, 9.17) is 23.2 Å². The maximum absolute atomic E-state index is 14.2. The number of nitrogens with one attached hydrogen (secondary N) is 1. The molecule has 0 saturated carbocycles. The molecule has 0 aliphatic carbocycles. The molecule has 1 aromatic carbocycles. The van der Waals surface area contributed by atoms with Gasteiger partial charge in [0.1, 0.15) is 5.82 Å². The van der Waals surface area contributed by atoms with Gasteiger partial charge >= 0.3 is 0 Å². The molecule has 21 heavy (non-hydrogen) atoms. The van der Waals surface area contributed by atoms with Crippen LogP contribution in [0.3, 0.4) is 0 Å². The van der Waals surface area contributed by atoms with Gasteiger partial charge in [0, 0.05) is 25.1 Å². The zero-order chi connectivity index (χ0) is 15.6. The van der Waals surface area contributed by atoms with E-state index in [1.807, 2.05) is 14.0 Å². The average molecular weight is 330 g/mol. The molecule has 0 aliphatic heterocycles. The van der Waals surface area contributed by atoms with Crippen molar-refractivity contribution >= 4 is 23.2 Å². The highest BCUT2D eigenvalue weighted by Gasteiger charge is 2.21. The van der Waals surface area contributed by atoms with Gasteiger partial charge in [-0.25, -0.2) is 4.39 Å². The number of aryl methyl sites for hydroxylation is 2. The fraction of sp³-hybridized carbons (Fsp3) is 0.400. The van der Waals surface area contributed by atoms with Crippen LogP contribution in [0.25, 0.3) is 0 Å². The first-order valence-electron chi connectivity index (χ1n) is 6.81. The molecule has 0 bridgehead atoms. The van der Waals surface area contributed by atoms with Gasteiger partial charge in [-0.15, -0.1) is 0 Å². The molecule has 1 unspecified atom stereocenters. The van der Waals surface area contributed by atoms with Crippen LogP contribution in [0.1, 0.15) is 29.9 Å². The fourth-order valence-electron chi connectivity index (χ4n) is 2.39. The van der Waals surface area contributed by atoms with E-state index in [1.54, 1.807) is 29.9 Å². The Morgan fingerprint density at radius 1 is 1.38 bits per heavy atom. The maximum atomic E-state index is 14.2. The van der Waals surface area contributed by atoms with Crippen molar-refractivity contribution in [1.82, 2.24) is 15.1 Å². The van der Waals surface area contributed by atoms with E-state index in [0.29, 0.717) is 17.0 Å². The van der Waals surface area contributed by atoms with Crippen molar-refractivity contribution in [2.45, 2.75) is 25.8 Å². The van der Waals surface area contributed by atoms with Crippen LogP contribution < -0.4 is 5.32 Å². The van der Waals surface area contributed by atoms with Crippen LogP contribution in [0.15, 0.2) is 18.2 Å². The highest BCUT2D eigenvalue weighted by molar-refractivity contribution is 6.32. The molecule has 0 fully saturated rings. The number of halogens is 3. The molecule has 1 heterocycles. The molecule has 0 amide bonds. The lowest BCUT2D eigenvalue weighted by molar-refractivity contribution is 0.520. The second kappa shape index (κ2) is 6.77. The third-order valence-electron chi connectivity index (χ3n) is 3.61. The lowest BCUT2D eigenvalue weighted by atomic mass is 10.0. The van der Waals surface area contributed by atoms with Crippen molar-refractivity contribution in [2.75, 3.05) is 7.05 Å². The van der Waals surface area contributed by atoms with Gasteiger partial charge in [-0.05, 0) is 19.5 Å². The Hall–Kier alpha value is -1.10. The fourth-order valence-corrected chi connectivity index (χ4v) is 2.94. The van der Waals surface area contributed by atoms with Crippen LogP contribution in [-0.2, 0) is 19.9 Å². The Balaban J connectivity index is 2.36. The number of benzene rings is 1. The zero-order valence-electron chi connectivity index (χ0n) is 12.3. The van der Waals surface area contributed by atoms with Gasteiger partial charge < -0.3 is 5.32 Å². The first-order valence-corrected chi connectivity index (χ1v) is 7.56. The van der Waals surface area contributed by atoms with Crippen LogP contribution in [0, 0.1) is 5.82 Å². The molecule has 0 spiro atoms. The van der Waals surface area contributed by atoms with Crippen molar-refractivity contribution < 1.29 is 4.39 Å². The van der Waals surface area contributed by atoms with E-state index >= 15 is 0 Å². The average Bonchev–Trinajstić information content (AvgIpc) is 2.74. The molecule has 1 atom stereocenters. The summed E-state index contributed by atoms with van der Waals surface area (Å²) in [5.74, 6) is -0.396. The Labute approximate surface area is 134 Å². The summed E-state index contributed by atoms with van der Waals surface area (Å²) in [5.41, 5.74) is 2.27. The van der Waals surface area contributed by atoms with E-state index in [-0.39, 0.29) is 11.1 Å². The molecule has 1 aromatic heterocycles. The number of nitrogens with zero attached hydrogens (tertiary/aromatic N) is 2. The Morgan fingerprint density at radius 2 is 2.10 bits per heavy atom. The van der Waals surface area contributed by atoms with Gasteiger partial charge in [0.25, 0.3) is 0 Å². The summed E-state index contributed by atoms with van der Waals surface area (Å²) in [4.78, 5) is 0. The van der Waals surface area contributed by atoms with Crippen LogP contribution >= 0.6 is 23.2 Å². The van der Waals surface area contributed by atoms with Crippen LogP contribution in [0.5, 0.6) is 0 Å². The van der Waals surface area contributed by atoms with Crippen LogP contribution in [0.4, 0.5) is 4.39 Å². The lowest BCUT2D eigenvalue weighted by Gasteiger charge is -2.18. The van der Waals surface area contributed by atoms with E-state index < -0.39 is 5.82 Å². The summed E-state index contributed by atoms with van der Waals surface area (Å²) < 4.78 is 15.9. The van der Waals surface area contributed by atoms with E-state index in [9.17, 15) is 4.39 Å². The van der Waals surface area contributed by atoms with Gasteiger partial charge in [-0.3, -0.25) is 4.68 Å². The molecule has 0 saturated heterocycles. The Morgan fingerprint density at radius 3 is 2.67 bits per heavy atom. The topological polar surface area (TPSA) is 29.9 Å². The Kier molecular flexibility index (Phi) is 5.25. The number of likely N-dealkylation sites (N-methyl/N-ethyl adjacent to an activating group) is 1. The minimum absolute atomic E-state index is 0.123. The molecule has 114 valence electrons. The highest BCUT2D eigenvalue weighted by atomic mass is 35.5.